The van der Waals surface area contributed by atoms with Gasteiger partial charge in [0, 0.05) is 22.0 Å². The molecule has 0 heterocycles. The minimum absolute atomic E-state index is 0.401. The lowest BCUT2D eigenvalue weighted by Gasteiger charge is -2.08. The van der Waals surface area contributed by atoms with E-state index < -0.39 is 0 Å². The summed E-state index contributed by atoms with van der Waals surface area (Å²) in [5, 5.41) is 4.41. The van der Waals surface area contributed by atoms with Gasteiger partial charge in [0.2, 0.25) is 0 Å². The Morgan fingerprint density at radius 2 is 2.12 bits per heavy atom. The molecule has 0 saturated heterocycles. The van der Waals surface area contributed by atoms with Crippen LogP contribution < -0.4 is 4.74 Å². The minimum atomic E-state index is 0.401. The second-order valence-corrected chi connectivity index (χ2v) is 4.52. The van der Waals surface area contributed by atoms with Crippen LogP contribution in [0.1, 0.15) is 6.42 Å². The topological polar surface area (TPSA) is 58.0 Å². The fraction of sp³-hybridized carbons (Fsp3) is 0.333. The van der Waals surface area contributed by atoms with Gasteiger partial charge in [0.1, 0.15) is 5.75 Å². The summed E-state index contributed by atoms with van der Waals surface area (Å²) in [6.07, 6.45) is 0.633. The molecule has 1 rings (SSSR count). The number of nitrogens with zero attached hydrogens (tertiary/aromatic N) is 3. The van der Waals surface area contributed by atoms with Gasteiger partial charge in [-0.05, 0) is 33.9 Å². The van der Waals surface area contributed by atoms with E-state index in [0.29, 0.717) is 35.4 Å². The summed E-state index contributed by atoms with van der Waals surface area (Å²) in [5.74, 6) is 0.524. The zero-order valence-corrected chi connectivity index (χ0v) is 11.3. The molecule has 1 aromatic carbocycles. The molecule has 4 nitrogen and oxygen atoms in total. The molecular formula is C9H8BrCl2N3O. The quantitative estimate of drug-likeness (QED) is 0.251. The molecule has 0 fully saturated rings. The van der Waals surface area contributed by atoms with Gasteiger partial charge in [0.25, 0.3) is 0 Å². The molecule has 0 amide bonds. The fourth-order valence-corrected chi connectivity index (χ4v) is 1.82. The van der Waals surface area contributed by atoms with E-state index in [2.05, 4.69) is 26.0 Å². The van der Waals surface area contributed by atoms with E-state index in [4.69, 9.17) is 33.5 Å². The van der Waals surface area contributed by atoms with E-state index in [1.807, 2.05) is 0 Å². The lowest BCUT2D eigenvalue weighted by Crippen LogP contribution is -1.99. The van der Waals surface area contributed by atoms with Crippen molar-refractivity contribution in [2.24, 2.45) is 5.11 Å². The Morgan fingerprint density at radius 3 is 2.81 bits per heavy atom. The molecule has 0 unspecified atom stereocenters. The predicted molar refractivity (Wildman–Crippen MR) is 68.3 cm³/mol. The number of hydrogen-bond acceptors (Lipinski definition) is 2. The highest BCUT2D eigenvalue weighted by Gasteiger charge is 2.06. The number of benzene rings is 1. The fourth-order valence-electron chi connectivity index (χ4n) is 0.977. The summed E-state index contributed by atoms with van der Waals surface area (Å²) in [6, 6.07) is 3.31. The van der Waals surface area contributed by atoms with E-state index in [1.54, 1.807) is 12.1 Å². The molecule has 0 atom stereocenters. The first-order valence-electron chi connectivity index (χ1n) is 4.43. The monoisotopic (exact) mass is 323 g/mol. The second-order valence-electron chi connectivity index (χ2n) is 2.85. The number of azide groups is 1. The predicted octanol–water partition coefficient (Wildman–Crippen LogP) is 4.84. The summed E-state index contributed by atoms with van der Waals surface area (Å²) in [4.78, 5) is 2.64. The lowest BCUT2D eigenvalue weighted by molar-refractivity contribution is 0.313. The third-order valence-corrected chi connectivity index (χ3v) is 3.19. The Hall–Kier alpha value is -0.610. The van der Waals surface area contributed by atoms with E-state index in [9.17, 15) is 0 Å². The summed E-state index contributed by atoms with van der Waals surface area (Å²) in [7, 11) is 0. The van der Waals surface area contributed by atoms with E-state index >= 15 is 0 Å². The van der Waals surface area contributed by atoms with E-state index in [0.717, 1.165) is 4.47 Å². The molecular weight excluding hydrogens is 317 g/mol. The first-order valence-corrected chi connectivity index (χ1v) is 5.98. The van der Waals surface area contributed by atoms with Gasteiger partial charge < -0.3 is 4.74 Å². The highest BCUT2D eigenvalue weighted by molar-refractivity contribution is 9.10. The van der Waals surface area contributed by atoms with Crippen LogP contribution in [0.2, 0.25) is 10.0 Å². The summed E-state index contributed by atoms with van der Waals surface area (Å²) >= 11 is 15.1. The first-order chi connectivity index (χ1) is 7.65. The van der Waals surface area contributed by atoms with Crippen molar-refractivity contribution in [2.75, 3.05) is 13.2 Å². The summed E-state index contributed by atoms with van der Waals surface area (Å²) in [6.45, 7) is 0.828. The zero-order chi connectivity index (χ0) is 12.0. The maximum absolute atomic E-state index is 8.07. The molecule has 7 heteroatoms. The largest absolute Gasteiger partial charge is 0.492 e. The highest BCUT2D eigenvalue weighted by atomic mass is 79.9. The molecule has 0 aliphatic carbocycles. The van der Waals surface area contributed by atoms with Crippen molar-refractivity contribution in [3.63, 3.8) is 0 Å². The molecule has 0 aliphatic rings. The second kappa shape index (κ2) is 6.86. The number of rotatable bonds is 5. The van der Waals surface area contributed by atoms with Crippen LogP contribution in [0.5, 0.6) is 5.75 Å². The zero-order valence-electron chi connectivity index (χ0n) is 8.16. The van der Waals surface area contributed by atoms with Crippen LogP contribution in [0.4, 0.5) is 0 Å². The molecule has 0 radical (unpaired) electrons. The van der Waals surface area contributed by atoms with Crippen LogP contribution in [0, 0.1) is 0 Å². The Labute approximate surface area is 111 Å². The average molecular weight is 325 g/mol. The molecule has 0 aromatic heterocycles. The van der Waals surface area contributed by atoms with Crippen molar-refractivity contribution in [3.05, 3.63) is 37.1 Å². The van der Waals surface area contributed by atoms with Crippen molar-refractivity contribution in [1.29, 1.82) is 0 Å². The van der Waals surface area contributed by atoms with Gasteiger partial charge in [-0.2, -0.15) is 0 Å². The molecule has 16 heavy (non-hydrogen) atoms. The molecule has 0 saturated carbocycles. The molecule has 1 aromatic rings. The number of halogens is 3. The lowest BCUT2D eigenvalue weighted by atomic mass is 10.3. The third-order valence-electron chi connectivity index (χ3n) is 1.70. The Morgan fingerprint density at radius 1 is 1.38 bits per heavy atom. The summed E-state index contributed by atoms with van der Waals surface area (Å²) < 4.78 is 6.12. The van der Waals surface area contributed by atoms with E-state index in [1.165, 1.54) is 0 Å². The Kier molecular flexibility index (Phi) is 5.77. The van der Waals surface area contributed by atoms with Crippen molar-refractivity contribution in [1.82, 2.24) is 0 Å². The Balaban J connectivity index is 2.53. The van der Waals surface area contributed by atoms with Gasteiger partial charge in [-0.3, -0.25) is 0 Å². The Bertz CT molecular complexity index is 421. The van der Waals surface area contributed by atoms with Crippen molar-refractivity contribution < 1.29 is 4.74 Å². The van der Waals surface area contributed by atoms with Crippen molar-refractivity contribution >= 4 is 39.1 Å². The molecule has 0 N–H and O–H groups in total. The molecule has 0 bridgehead atoms. The maximum atomic E-state index is 8.07. The number of ether oxygens (including phenoxy) is 1. The molecule has 0 aliphatic heterocycles. The smallest absolute Gasteiger partial charge is 0.139 e. The van der Waals surface area contributed by atoms with Gasteiger partial charge in [-0.15, -0.1) is 0 Å². The normalized spacial score (nSPS) is 9.69. The average Bonchev–Trinajstić information content (AvgIpc) is 2.25. The number of hydrogen-bond donors (Lipinski definition) is 0. The van der Waals surface area contributed by atoms with Crippen molar-refractivity contribution in [2.45, 2.75) is 6.42 Å². The van der Waals surface area contributed by atoms with Crippen LogP contribution in [0.3, 0.4) is 0 Å². The molecule has 86 valence electrons. The van der Waals surface area contributed by atoms with Crippen molar-refractivity contribution in [3.8, 4) is 5.75 Å². The van der Waals surface area contributed by atoms with Gasteiger partial charge in [-0.1, -0.05) is 28.3 Å². The summed E-state index contributed by atoms with van der Waals surface area (Å²) in [5.41, 5.74) is 8.07. The molecule has 0 spiro atoms. The minimum Gasteiger partial charge on any atom is -0.492 e. The van der Waals surface area contributed by atoms with Crippen LogP contribution in [0.25, 0.3) is 10.4 Å². The SMILES string of the molecule is [N-]=[N+]=NCCCOc1cc(Cl)c(Br)cc1Cl. The van der Waals surface area contributed by atoms with Crippen LogP contribution in [0.15, 0.2) is 21.7 Å². The van der Waals surface area contributed by atoms with Gasteiger partial charge in [-0.25, -0.2) is 0 Å². The maximum Gasteiger partial charge on any atom is 0.139 e. The highest BCUT2D eigenvalue weighted by Crippen LogP contribution is 2.34. The van der Waals surface area contributed by atoms with Gasteiger partial charge in [0.05, 0.1) is 16.7 Å². The first kappa shape index (κ1) is 13.5. The van der Waals surface area contributed by atoms with Gasteiger partial charge >= 0.3 is 0 Å². The van der Waals surface area contributed by atoms with Crippen LogP contribution in [-0.4, -0.2) is 13.2 Å². The van der Waals surface area contributed by atoms with Crippen LogP contribution in [-0.2, 0) is 0 Å². The standard InChI is InChI=1S/C9H8BrCl2N3O/c10-6-4-8(12)9(5-7(6)11)16-3-1-2-14-15-13/h4-5H,1-3H2. The third kappa shape index (κ3) is 4.10. The van der Waals surface area contributed by atoms with Crippen LogP contribution >= 0.6 is 39.1 Å². The van der Waals surface area contributed by atoms with E-state index in [-0.39, 0.29) is 0 Å². The van der Waals surface area contributed by atoms with Gasteiger partial charge in [0.15, 0.2) is 0 Å².